The lowest BCUT2D eigenvalue weighted by Crippen LogP contribution is -2.54. The van der Waals surface area contributed by atoms with Gasteiger partial charge in [0.2, 0.25) is 0 Å². The second-order valence-corrected chi connectivity index (χ2v) is 9.57. The molecule has 1 saturated heterocycles. The molecule has 6 nitrogen and oxygen atoms in total. The highest BCUT2D eigenvalue weighted by Gasteiger charge is 2.36. The minimum absolute atomic E-state index is 0.0505. The number of fused-ring (bicyclic) bond motifs is 1. The number of thiocarbonyl (C=S) groups is 1. The van der Waals surface area contributed by atoms with Crippen molar-refractivity contribution >= 4 is 46.6 Å². The van der Waals surface area contributed by atoms with Gasteiger partial charge in [0.05, 0.1) is 12.3 Å². The van der Waals surface area contributed by atoms with Crippen LogP contribution in [0.5, 0.6) is 5.75 Å². The van der Waals surface area contributed by atoms with Crippen LogP contribution in [0, 0.1) is 0 Å². The Kier molecular flexibility index (Phi) is 6.01. The minimum Gasteiger partial charge on any atom is -0.494 e. The average molecular weight is 464 g/mol. The van der Waals surface area contributed by atoms with Gasteiger partial charge in [-0.15, -0.1) is 0 Å². The zero-order valence-corrected chi connectivity index (χ0v) is 20.5. The molecule has 0 spiro atoms. The molecule has 0 saturated carbocycles. The van der Waals surface area contributed by atoms with E-state index in [9.17, 15) is 9.59 Å². The highest BCUT2D eigenvalue weighted by Crippen LogP contribution is 2.42. The van der Waals surface area contributed by atoms with Crippen LogP contribution in [0.2, 0.25) is 0 Å². The molecule has 4 rings (SSSR count). The Hall–Kier alpha value is -3.19. The molecule has 0 aliphatic carbocycles. The van der Waals surface area contributed by atoms with Gasteiger partial charge in [-0.2, -0.15) is 0 Å². The lowest BCUT2D eigenvalue weighted by atomic mass is 9.80. The Morgan fingerprint density at radius 3 is 2.55 bits per heavy atom. The van der Waals surface area contributed by atoms with Crippen LogP contribution >= 0.6 is 12.2 Å². The fourth-order valence-corrected chi connectivity index (χ4v) is 4.88. The predicted molar refractivity (Wildman–Crippen MR) is 136 cm³/mol. The highest BCUT2D eigenvalue weighted by molar-refractivity contribution is 7.80. The van der Waals surface area contributed by atoms with E-state index in [0.29, 0.717) is 24.0 Å². The normalized spacial score (nSPS) is 21.2. The van der Waals surface area contributed by atoms with Crippen molar-refractivity contribution in [1.29, 1.82) is 0 Å². The summed E-state index contributed by atoms with van der Waals surface area (Å²) in [5.74, 6) is 0.134. The fraction of sp³-hybridized carbons (Fsp3) is 0.346. The molecule has 0 unspecified atom stereocenters. The molecule has 7 heteroatoms. The Bertz CT molecular complexity index is 1150. The number of rotatable bonds is 4. The Morgan fingerprint density at radius 1 is 1.18 bits per heavy atom. The largest absolute Gasteiger partial charge is 0.494 e. The van der Waals surface area contributed by atoms with E-state index in [0.717, 1.165) is 12.0 Å². The maximum absolute atomic E-state index is 13.3. The zero-order valence-electron chi connectivity index (χ0n) is 19.6. The second-order valence-electron chi connectivity index (χ2n) is 9.18. The van der Waals surface area contributed by atoms with Crippen molar-refractivity contribution in [1.82, 2.24) is 5.32 Å². The van der Waals surface area contributed by atoms with Gasteiger partial charge in [-0.05, 0) is 98.9 Å². The van der Waals surface area contributed by atoms with Gasteiger partial charge in [0.1, 0.15) is 11.3 Å². The topological polar surface area (TPSA) is 61.9 Å². The molecule has 2 amide bonds. The van der Waals surface area contributed by atoms with Gasteiger partial charge in [0.25, 0.3) is 11.8 Å². The first-order valence-electron chi connectivity index (χ1n) is 11.1. The third kappa shape index (κ3) is 4.25. The zero-order chi connectivity index (χ0) is 23.9. The number of benzene rings is 2. The molecule has 172 valence electrons. The first-order valence-corrected chi connectivity index (χ1v) is 11.6. The fourth-order valence-electron chi connectivity index (χ4n) is 4.60. The number of hydrogen-bond donors (Lipinski definition) is 1. The van der Waals surface area contributed by atoms with E-state index in [-0.39, 0.29) is 16.2 Å². The van der Waals surface area contributed by atoms with Crippen LogP contribution in [-0.4, -0.2) is 36.1 Å². The number of hydrogen-bond acceptors (Lipinski definition) is 5. The van der Waals surface area contributed by atoms with E-state index in [1.165, 1.54) is 16.2 Å². The van der Waals surface area contributed by atoms with Gasteiger partial charge in [0, 0.05) is 18.3 Å². The summed E-state index contributed by atoms with van der Waals surface area (Å²) in [6.45, 7) is 9.16. The summed E-state index contributed by atoms with van der Waals surface area (Å²) in [4.78, 5) is 29.6. The van der Waals surface area contributed by atoms with Crippen molar-refractivity contribution < 1.29 is 14.3 Å². The molecular weight excluding hydrogens is 434 g/mol. The SMILES string of the molecule is CCOc1ccc(N2C(=O)/C(=C/c3ccc4c(c3)[C@@H](C)CC(C)(C)N4C)C(=O)NC2=S)cc1. The first kappa shape index (κ1) is 23.0. The quantitative estimate of drug-likeness (QED) is 0.407. The van der Waals surface area contributed by atoms with E-state index in [1.807, 2.05) is 13.0 Å². The number of anilines is 2. The lowest BCUT2D eigenvalue weighted by molar-refractivity contribution is -0.122. The summed E-state index contributed by atoms with van der Waals surface area (Å²) in [5.41, 5.74) is 3.90. The lowest BCUT2D eigenvalue weighted by Gasteiger charge is -2.45. The van der Waals surface area contributed by atoms with Crippen molar-refractivity contribution in [3.05, 3.63) is 59.2 Å². The van der Waals surface area contributed by atoms with Gasteiger partial charge in [-0.3, -0.25) is 19.8 Å². The third-order valence-corrected chi connectivity index (χ3v) is 6.76. The van der Waals surface area contributed by atoms with Crippen LogP contribution in [0.1, 0.15) is 51.2 Å². The standard InChI is InChI=1S/C26H29N3O3S/c1-6-32-19-10-8-18(9-11-19)29-24(31)21(23(30)27-25(29)33)14-17-7-12-22-20(13-17)16(2)15-26(3,4)28(22)5/h7-14,16H,6,15H2,1-5H3,(H,27,30,33)/b21-14+/t16-/m0/s1. The van der Waals surface area contributed by atoms with Crippen LogP contribution in [0.3, 0.4) is 0 Å². The molecule has 33 heavy (non-hydrogen) atoms. The summed E-state index contributed by atoms with van der Waals surface area (Å²) in [5, 5.41) is 2.71. The van der Waals surface area contributed by atoms with E-state index >= 15 is 0 Å². The average Bonchev–Trinajstić information content (AvgIpc) is 2.76. The Balaban J connectivity index is 1.68. The number of carbonyl (C=O) groups is 2. The van der Waals surface area contributed by atoms with Crippen LogP contribution in [0.4, 0.5) is 11.4 Å². The molecule has 2 aromatic rings. The Labute approximate surface area is 200 Å². The van der Waals surface area contributed by atoms with Crippen LogP contribution in [0.25, 0.3) is 6.08 Å². The maximum atomic E-state index is 13.3. The molecule has 2 aromatic carbocycles. The number of carbonyl (C=O) groups excluding carboxylic acids is 2. The number of ether oxygens (including phenoxy) is 1. The summed E-state index contributed by atoms with van der Waals surface area (Å²) < 4.78 is 5.47. The summed E-state index contributed by atoms with van der Waals surface area (Å²) in [6.07, 6.45) is 2.67. The first-order chi connectivity index (χ1) is 15.6. The van der Waals surface area contributed by atoms with Crippen LogP contribution < -0.4 is 19.9 Å². The smallest absolute Gasteiger partial charge is 0.270 e. The van der Waals surface area contributed by atoms with Gasteiger partial charge < -0.3 is 9.64 Å². The molecule has 1 atom stereocenters. The molecule has 2 aliphatic heterocycles. The maximum Gasteiger partial charge on any atom is 0.270 e. The molecule has 0 aromatic heterocycles. The summed E-state index contributed by atoms with van der Waals surface area (Å²) in [7, 11) is 2.11. The van der Waals surface area contributed by atoms with E-state index < -0.39 is 11.8 Å². The monoisotopic (exact) mass is 463 g/mol. The van der Waals surface area contributed by atoms with Gasteiger partial charge >= 0.3 is 0 Å². The van der Waals surface area contributed by atoms with Crippen molar-refractivity contribution in [2.45, 2.75) is 45.6 Å². The van der Waals surface area contributed by atoms with E-state index in [1.54, 1.807) is 30.3 Å². The van der Waals surface area contributed by atoms with Crippen molar-refractivity contribution in [3.8, 4) is 5.75 Å². The predicted octanol–water partition coefficient (Wildman–Crippen LogP) is 4.64. The van der Waals surface area contributed by atoms with Gasteiger partial charge in [-0.1, -0.05) is 13.0 Å². The van der Waals surface area contributed by atoms with Gasteiger partial charge in [-0.25, -0.2) is 0 Å². The minimum atomic E-state index is -0.490. The molecule has 1 N–H and O–H groups in total. The van der Waals surface area contributed by atoms with Crippen molar-refractivity contribution in [2.24, 2.45) is 0 Å². The van der Waals surface area contributed by atoms with Crippen molar-refractivity contribution in [3.63, 3.8) is 0 Å². The molecule has 1 fully saturated rings. The Morgan fingerprint density at radius 2 is 1.88 bits per heavy atom. The second kappa shape index (κ2) is 8.63. The summed E-state index contributed by atoms with van der Waals surface area (Å²) in [6, 6.07) is 13.2. The number of nitrogens with zero attached hydrogens (tertiary/aromatic N) is 2. The summed E-state index contributed by atoms with van der Waals surface area (Å²) >= 11 is 5.30. The molecular formula is C26H29N3O3S. The van der Waals surface area contributed by atoms with E-state index in [2.05, 4.69) is 50.2 Å². The highest BCUT2D eigenvalue weighted by atomic mass is 32.1. The molecule has 0 bridgehead atoms. The number of nitrogens with one attached hydrogen (secondary N) is 1. The van der Waals surface area contributed by atoms with Crippen LogP contribution in [-0.2, 0) is 9.59 Å². The van der Waals surface area contributed by atoms with Gasteiger partial charge in [0.15, 0.2) is 5.11 Å². The molecule has 2 aliphatic rings. The van der Waals surface area contributed by atoms with Crippen molar-refractivity contribution in [2.75, 3.05) is 23.5 Å². The third-order valence-electron chi connectivity index (χ3n) is 6.48. The number of amides is 2. The molecule has 0 radical (unpaired) electrons. The van der Waals surface area contributed by atoms with E-state index in [4.69, 9.17) is 17.0 Å². The van der Waals surface area contributed by atoms with Crippen LogP contribution in [0.15, 0.2) is 48.0 Å². The molecule has 2 heterocycles.